The Morgan fingerprint density at radius 3 is 2.39 bits per heavy atom. The minimum absolute atomic E-state index is 0. The Hall–Kier alpha value is -2.67. The third-order valence-electron chi connectivity index (χ3n) is 4.30. The van der Waals surface area contributed by atoms with E-state index in [9.17, 15) is 18.0 Å². The third kappa shape index (κ3) is 4.59. The number of carbonyl (C=O) groups is 1. The first-order chi connectivity index (χ1) is 13.3. The molecule has 0 saturated carbocycles. The molecule has 3 aromatic rings. The van der Waals surface area contributed by atoms with E-state index in [0.717, 1.165) is 32.8 Å². The molecular formula is C21H21F3N2OS. The SMILES string of the molecule is Cc1nc(C)c(-c2ccc(CCNC(=O)c3ccccc3C(F)(F)F)cc2)s1.[HH]. The van der Waals surface area contributed by atoms with Gasteiger partial charge >= 0.3 is 6.18 Å². The van der Waals surface area contributed by atoms with E-state index in [2.05, 4.69) is 10.3 Å². The number of thiazole rings is 1. The van der Waals surface area contributed by atoms with Crippen LogP contribution in [0.1, 0.15) is 33.6 Å². The fourth-order valence-corrected chi connectivity index (χ4v) is 3.89. The van der Waals surface area contributed by atoms with Crippen molar-refractivity contribution in [1.29, 1.82) is 0 Å². The van der Waals surface area contributed by atoms with Gasteiger partial charge in [-0.25, -0.2) is 4.98 Å². The molecule has 2 aromatic carbocycles. The van der Waals surface area contributed by atoms with Crippen molar-refractivity contribution in [3.8, 4) is 10.4 Å². The smallest absolute Gasteiger partial charge is 0.352 e. The van der Waals surface area contributed by atoms with E-state index in [1.165, 1.54) is 18.2 Å². The maximum Gasteiger partial charge on any atom is 0.417 e. The summed E-state index contributed by atoms with van der Waals surface area (Å²) in [5, 5.41) is 3.58. The molecule has 0 saturated heterocycles. The van der Waals surface area contributed by atoms with Crippen molar-refractivity contribution in [2.75, 3.05) is 6.54 Å². The van der Waals surface area contributed by atoms with Crippen LogP contribution < -0.4 is 5.32 Å². The van der Waals surface area contributed by atoms with E-state index in [4.69, 9.17) is 0 Å². The van der Waals surface area contributed by atoms with E-state index in [0.29, 0.717) is 6.42 Å². The number of carbonyl (C=O) groups excluding carboxylic acids is 1. The quantitative estimate of drug-likeness (QED) is 0.594. The molecule has 0 aliphatic heterocycles. The highest BCUT2D eigenvalue weighted by molar-refractivity contribution is 7.15. The van der Waals surface area contributed by atoms with Crippen molar-refractivity contribution in [2.45, 2.75) is 26.4 Å². The molecule has 7 heteroatoms. The number of aryl methyl sites for hydroxylation is 2. The number of aromatic nitrogens is 1. The Bertz CT molecular complexity index is 984. The van der Waals surface area contributed by atoms with E-state index in [1.54, 1.807) is 11.3 Å². The van der Waals surface area contributed by atoms with E-state index >= 15 is 0 Å². The second-order valence-electron chi connectivity index (χ2n) is 6.39. The number of hydrogen-bond acceptors (Lipinski definition) is 3. The van der Waals surface area contributed by atoms with Crippen LogP contribution in [0.4, 0.5) is 13.2 Å². The van der Waals surface area contributed by atoms with Crippen LogP contribution in [0.2, 0.25) is 0 Å². The average molecular weight is 406 g/mol. The zero-order valence-corrected chi connectivity index (χ0v) is 16.2. The van der Waals surface area contributed by atoms with Crippen LogP contribution in [-0.4, -0.2) is 17.4 Å². The van der Waals surface area contributed by atoms with Crippen LogP contribution in [-0.2, 0) is 12.6 Å². The first kappa shape index (κ1) is 20.1. The van der Waals surface area contributed by atoms with Gasteiger partial charge in [0, 0.05) is 7.97 Å². The van der Waals surface area contributed by atoms with E-state index in [1.807, 2.05) is 38.1 Å². The highest BCUT2D eigenvalue weighted by Gasteiger charge is 2.34. The summed E-state index contributed by atoms with van der Waals surface area (Å²) < 4.78 is 39.1. The summed E-state index contributed by atoms with van der Waals surface area (Å²) >= 11 is 1.64. The molecule has 0 radical (unpaired) electrons. The minimum atomic E-state index is -4.56. The van der Waals surface area contributed by atoms with Crippen LogP contribution in [0.25, 0.3) is 10.4 Å². The van der Waals surface area contributed by atoms with Gasteiger partial charge < -0.3 is 5.32 Å². The summed E-state index contributed by atoms with van der Waals surface area (Å²) in [6.07, 6.45) is -4.03. The van der Waals surface area contributed by atoms with Gasteiger partial charge in [0.05, 0.1) is 26.7 Å². The summed E-state index contributed by atoms with van der Waals surface area (Å²) in [6, 6.07) is 12.7. The van der Waals surface area contributed by atoms with Crippen molar-refractivity contribution in [3.63, 3.8) is 0 Å². The molecule has 0 aliphatic carbocycles. The fraction of sp³-hybridized carbons (Fsp3) is 0.238. The molecule has 148 valence electrons. The number of alkyl halides is 3. The number of halogens is 3. The highest BCUT2D eigenvalue weighted by Crippen LogP contribution is 2.32. The number of nitrogens with one attached hydrogen (secondary N) is 1. The highest BCUT2D eigenvalue weighted by atomic mass is 32.1. The van der Waals surface area contributed by atoms with Gasteiger partial charge in [-0.3, -0.25) is 4.79 Å². The molecule has 1 heterocycles. The maximum atomic E-state index is 13.0. The lowest BCUT2D eigenvalue weighted by molar-refractivity contribution is -0.137. The van der Waals surface area contributed by atoms with Crippen LogP contribution in [0.3, 0.4) is 0 Å². The number of benzene rings is 2. The number of rotatable bonds is 5. The van der Waals surface area contributed by atoms with Gasteiger partial charge in [0.25, 0.3) is 5.91 Å². The molecule has 0 fully saturated rings. The van der Waals surface area contributed by atoms with Crippen molar-refractivity contribution in [3.05, 3.63) is 75.9 Å². The lowest BCUT2D eigenvalue weighted by Crippen LogP contribution is -2.28. The van der Waals surface area contributed by atoms with E-state index in [-0.39, 0.29) is 13.5 Å². The minimum Gasteiger partial charge on any atom is -0.352 e. The van der Waals surface area contributed by atoms with Crippen LogP contribution in [0, 0.1) is 13.8 Å². The van der Waals surface area contributed by atoms with Crippen molar-refractivity contribution >= 4 is 17.2 Å². The topological polar surface area (TPSA) is 42.0 Å². The predicted molar refractivity (Wildman–Crippen MR) is 107 cm³/mol. The summed E-state index contributed by atoms with van der Waals surface area (Å²) in [4.78, 5) is 17.7. The van der Waals surface area contributed by atoms with Gasteiger partial charge in [0.2, 0.25) is 0 Å². The molecule has 0 unspecified atom stereocenters. The molecule has 0 aliphatic rings. The summed E-state index contributed by atoms with van der Waals surface area (Å²) in [7, 11) is 0. The van der Waals surface area contributed by atoms with Gasteiger partial charge in [-0.05, 0) is 43.5 Å². The van der Waals surface area contributed by atoms with Crippen LogP contribution in [0.15, 0.2) is 48.5 Å². The zero-order valence-electron chi connectivity index (χ0n) is 15.4. The maximum absolute atomic E-state index is 13.0. The van der Waals surface area contributed by atoms with Crippen LogP contribution >= 0.6 is 11.3 Å². The first-order valence-corrected chi connectivity index (χ1v) is 9.55. The molecule has 0 bridgehead atoms. The number of hydrogen-bond donors (Lipinski definition) is 1. The Balaban J connectivity index is 0.00000300. The lowest BCUT2D eigenvalue weighted by Gasteiger charge is -2.12. The first-order valence-electron chi connectivity index (χ1n) is 8.73. The van der Waals surface area contributed by atoms with Crippen molar-refractivity contribution < 1.29 is 19.4 Å². The zero-order chi connectivity index (χ0) is 20.3. The summed E-state index contributed by atoms with van der Waals surface area (Å²) in [5.74, 6) is -0.722. The van der Waals surface area contributed by atoms with Gasteiger partial charge in [0.15, 0.2) is 0 Å². The summed E-state index contributed by atoms with van der Waals surface area (Å²) in [6.45, 7) is 4.19. The number of amides is 1. The Morgan fingerprint density at radius 2 is 1.79 bits per heavy atom. The molecule has 3 rings (SSSR count). The van der Waals surface area contributed by atoms with Gasteiger partial charge in [-0.15, -0.1) is 11.3 Å². The molecule has 3 nitrogen and oxygen atoms in total. The molecular weight excluding hydrogens is 385 g/mol. The van der Waals surface area contributed by atoms with Gasteiger partial charge in [0.1, 0.15) is 0 Å². The fourth-order valence-electron chi connectivity index (χ4n) is 2.97. The van der Waals surface area contributed by atoms with Crippen molar-refractivity contribution in [2.24, 2.45) is 0 Å². The molecule has 28 heavy (non-hydrogen) atoms. The lowest BCUT2D eigenvalue weighted by atomic mass is 10.1. The molecule has 1 N–H and O–H groups in total. The predicted octanol–water partition coefficient (Wildman–Crippen LogP) is 5.66. The standard InChI is InChI=1S/C21H19F3N2OS.H2/c1-13-19(28-14(2)26-13)16-9-7-15(8-10-16)11-12-25-20(27)17-5-3-4-6-18(17)21(22,23)24;/h3-10H,11-12H2,1-2H3,(H,25,27);1H. The average Bonchev–Trinajstić information content (AvgIpc) is 2.99. The largest absolute Gasteiger partial charge is 0.417 e. The van der Waals surface area contributed by atoms with Gasteiger partial charge in [-0.1, -0.05) is 36.4 Å². The number of nitrogens with zero attached hydrogens (tertiary/aromatic N) is 1. The Labute approximate surface area is 166 Å². The second-order valence-corrected chi connectivity index (χ2v) is 7.60. The Kier molecular flexibility index (Phi) is 5.84. The van der Waals surface area contributed by atoms with Gasteiger partial charge in [-0.2, -0.15) is 13.2 Å². The normalized spacial score (nSPS) is 11.5. The molecule has 0 spiro atoms. The second kappa shape index (κ2) is 8.14. The van der Waals surface area contributed by atoms with Crippen LogP contribution in [0.5, 0.6) is 0 Å². The van der Waals surface area contributed by atoms with E-state index < -0.39 is 17.6 Å². The third-order valence-corrected chi connectivity index (χ3v) is 5.42. The molecule has 1 amide bonds. The van der Waals surface area contributed by atoms with Crippen molar-refractivity contribution in [1.82, 2.24) is 10.3 Å². The molecule has 1 aromatic heterocycles. The monoisotopic (exact) mass is 406 g/mol. The summed E-state index contributed by atoms with van der Waals surface area (Å²) in [5.41, 5.74) is 1.78. The molecule has 0 atom stereocenters. The Morgan fingerprint density at radius 1 is 1.11 bits per heavy atom.